The number of nitrogens with one attached hydrogen (secondary N) is 1. The van der Waals surface area contributed by atoms with Crippen LogP contribution < -0.4 is 10.1 Å². The summed E-state index contributed by atoms with van der Waals surface area (Å²) in [6.45, 7) is 0. The Morgan fingerprint density at radius 3 is 2.62 bits per heavy atom. The summed E-state index contributed by atoms with van der Waals surface area (Å²) in [5.74, 6) is -0.344. The number of hydrogen-bond acceptors (Lipinski definition) is 2. The maximum atomic E-state index is 14.1. The molecule has 0 aromatic heterocycles. The standard InChI is InChI=1S/C16H14ClF2NO/c1-20-14-8-16(11-4-2-9(17)6-13(11)19)21-15-7-10(18)3-5-12(14)15/h2-7,14,16,20H,8H2,1H3. The lowest BCUT2D eigenvalue weighted by Gasteiger charge is -2.32. The van der Waals surface area contributed by atoms with Crippen molar-refractivity contribution in [1.82, 2.24) is 5.32 Å². The van der Waals surface area contributed by atoms with E-state index < -0.39 is 11.9 Å². The van der Waals surface area contributed by atoms with Crippen LogP contribution in [0.4, 0.5) is 8.78 Å². The van der Waals surface area contributed by atoms with E-state index in [1.807, 2.05) is 7.05 Å². The Morgan fingerprint density at radius 2 is 1.90 bits per heavy atom. The monoisotopic (exact) mass is 309 g/mol. The summed E-state index contributed by atoms with van der Waals surface area (Å²) in [7, 11) is 1.82. The molecule has 2 atom stereocenters. The molecule has 2 aromatic rings. The van der Waals surface area contributed by atoms with Crippen molar-refractivity contribution < 1.29 is 13.5 Å². The topological polar surface area (TPSA) is 21.3 Å². The van der Waals surface area contributed by atoms with Gasteiger partial charge in [-0.1, -0.05) is 23.7 Å². The minimum absolute atomic E-state index is 0.0190. The summed E-state index contributed by atoms with van der Waals surface area (Å²) < 4.78 is 33.2. The third kappa shape index (κ3) is 2.74. The van der Waals surface area contributed by atoms with Gasteiger partial charge in [-0.2, -0.15) is 0 Å². The zero-order chi connectivity index (χ0) is 15.0. The van der Waals surface area contributed by atoms with Crippen molar-refractivity contribution in [3.8, 4) is 5.75 Å². The summed E-state index contributed by atoms with van der Waals surface area (Å²) >= 11 is 5.77. The first kappa shape index (κ1) is 14.3. The van der Waals surface area contributed by atoms with Gasteiger partial charge in [0.05, 0.1) is 0 Å². The molecule has 1 heterocycles. The normalized spacial score (nSPS) is 20.8. The highest BCUT2D eigenvalue weighted by Gasteiger charge is 2.30. The van der Waals surface area contributed by atoms with E-state index in [1.165, 1.54) is 18.2 Å². The van der Waals surface area contributed by atoms with Crippen molar-refractivity contribution in [3.05, 3.63) is 64.2 Å². The predicted octanol–water partition coefficient (Wildman–Crippen LogP) is 4.40. The Balaban J connectivity index is 1.99. The van der Waals surface area contributed by atoms with E-state index in [2.05, 4.69) is 5.32 Å². The quantitative estimate of drug-likeness (QED) is 0.887. The van der Waals surface area contributed by atoms with Crippen LogP contribution in [-0.2, 0) is 0 Å². The lowest BCUT2D eigenvalue weighted by molar-refractivity contribution is 0.149. The average Bonchev–Trinajstić information content (AvgIpc) is 2.45. The molecule has 21 heavy (non-hydrogen) atoms. The van der Waals surface area contributed by atoms with E-state index in [4.69, 9.17) is 16.3 Å². The van der Waals surface area contributed by atoms with Gasteiger partial charge in [-0.25, -0.2) is 8.78 Å². The van der Waals surface area contributed by atoms with Gasteiger partial charge in [-0.15, -0.1) is 0 Å². The van der Waals surface area contributed by atoms with Crippen molar-refractivity contribution in [3.63, 3.8) is 0 Å². The van der Waals surface area contributed by atoms with Crippen LogP contribution in [0.25, 0.3) is 0 Å². The third-order valence-corrected chi connectivity index (χ3v) is 3.96. The Kier molecular flexibility index (Phi) is 3.83. The van der Waals surface area contributed by atoms with Crippen LogP contribution >= 0.6 is 11.6 Å². The number of ether oxygens (including phenoxy) is 1. The van der Waals surface area contributed by atoms with Crippen molar-refractivity contribution >= 4 is 11.6 Å². The summed E-state index contributed by atoms with van der Waals surface area (Å²) in [6, 6.07) is 8.90. The molecule has 1 N–H and O–H groups in total. The molecule has 0 bridgehead atoms. The molecule has 0 saturated heterocycles. The highest BCUT2D eigenvalue weighted by molar-refractivity contribution is 6.30. The first-order valence-corrected chi connectivity index (χ1v) is 7.04. The predicted molar refractivity (Wildman–Crippen MR) is 77.6 cm³/mol. The van der Waals surface area contributed by atoms with E-state index in [0.29, 0.717) is 22.8 Å². The Hall–Kier alpha value is -1.65. The fourth-order valence-electron chi connectivity index (χ4n) is 2.67. The molecule has 5 heteroatoms. The van der Waals surface area contributed by atoms with Crippen molar-refractivity contribution in [2.24, 2.45) is 0 Å². The highest BCUT2D eigenvalue weighted by atomic mass is 35.5. The molecule has 3 rings (SSSR count). The fraction of sp³-hybridized carbons (Fsp3) is 0.250. The largest absolute Gasteiger partial charge is 0.485 e. The van der Waals surface area contributed by atoms with Gasteiger partial charge in [0.1, 0.15) is 23.5 Å². The lowest BCUT2D eigenvalue weighted by atomic mass is 9.93. The smallest absolute Gasteiger partial charge is 0.131 e. The molecule has 0 fully saturated rings. The van der Waals surface area contributed by atoms with Crippen molar-refractivity contribution in [2.75, 3.05) is 7.05 Å². The van der Waals surface area contributed by atoms with Crippen LogP contribution in [0.3, 0.4) is 0 Å². The Bertz CT molecular complexity index is 677. The highest BCUT2D eigenvalue weighted by Crippen LogP contribution is 2.41. The maximum Gasteiger partial charge on any atom is 0.131 e. The maximum absolute atomic E-state index is 14.1. The number of benzene rings is 2. The number of rotatable bonds is 2. The summed E-state index contributed by atoms with van der Waals surface area (Å²) in [4.78, 5) is 0. The minimum Gasteiger partial charge on any atom is -0.485 e. The number of fused-ring (bicyclic) bond motifs is 1. The molecular weight excluding hydrogens is 296 g/mol. The second kappa shape index (κ2) is 5.62. The fourth-order valence-corrected chi connectivity index (χ4v) is 2.83. The van der Waals surface area contributed by atoms with Gasteiger partial charge < -0.3 is 10.1 Å². The van der Waals surface area contributed by atoms with Gasteiger partial charge in [0.15, 0.2) is 0 Å². The third-order valence-electron chi connectivity index (χ3n) is 3.73. The van der Waals surface area contributed by atoms with Crippen LogP contribution in [0.1, 0.15) is 29.7 Å². The Labute approximate surface area is 126 Å². The van der Waals surface area contributed by atoms with Crippen molar-refractivity contribution in [1.29, 1.82) is 0 Å². The molecule has 2 unspecified atom stereocenters. The molecule has 0 spiro atoms. The second-order valence-corrected chi connectivity index (χ2v) is 5.47. The molecule has 2 nitrogen and oxygen atoms in total. The van der Waals surface area contributed by atoms with E-state index in [1.54, 1.807) is 18.2 Å². The van der Waals surface area contributed by atoms with Crippen LogP contribution in [0.2, 0.25) is 5.02 Å². The van der Waals surface area contributed by atoms with Crippen LogP contribution in [0.15, 0.2) is 36.4 Å². The summed E-state index contributed by atoms with van der Waals surface area (Å²) in [5, 5.41) is 3.50. The molecule has 0 radical (unpaired) electrons. The number of halogens is 3. The van der Waals surface area contributed by atoms with Gasteiger partial charge in [-0.3, -0.25) is 0 Å². The van der Waals surface area contributed by atoms with E-state index in [9.17, 15) is 8.78 Å². The SMILES string of the molecule is CNC1CC(c2ccc(Cl)cc2F)Oc2cc(F)ccc21. The molecule has 0 aliphatic carbocycles. The first-order chi connectivity index (χ1) is 10.1. The summed E-state index contributed by atoms with van der Waals surface area (Å²) in [6.07, 6.45) is 0.0854. The van der Waals surface area contributed by atoms with Gasteiger partial charge >= 0.3 is 0 Å². The molecular formula is C16H14ClF2NO. The van der Waals surface area contributed by atoms with Gasteiger partial charge in [0, 0.05) is 34.7 Å². The molecule has 0 amide bonds. The number of hydrogen-bond donors (Lipinski definition) is 1. The minimum atomic E-state index is -0.478. The zero-order valence-electron chi connectivity index (χ0n) is 11.4. The van der Waals surface area contributed by atoms with E-state index in [-0.39, 0.29) is 11.9 Å². The molecule has 2 aromatic carbocycles. The molecule has 0 saturated carbocycles. The average molecular weight is 310 g/mol. The van der Waals surface area contributed by atoms with Gasteiger partial charge in [0.25, 0.3) is 0 Å². The zero-order valence-corrected chi connectivity index (χ0v) is 12.1. The molecule has 110 valence electrons. The molecule has 1 aliphatic rings. The molecule has 1 aliphatic heterocycles. The van der Waals surface area contributed by atoms with E-state index in [0.717, 1.165) is 5.56 Å². The van der Waals surface area contributed by atoms with E-state index >= 15 is 0 Å². The van der Waals surface area contributed by atoms with Gasteiger partial charge in [-0.05, 0) is 25.2 Å². The summed E-state index contributed by atoms with van der Waals surface area (Å²) in [5.41, 5.74) is 1.30. The van der Waals surface area contributed by atoms with Crippen LogP contribution in [-0.4, -0.2) is 7.05 Å². The second-order valence-electron chi connectivity index (χ2n) is 5.03. The van der Waals surface area contributed by atoms with Crippen LogP contribution in [0, 0.1) is 11.6 Å². The van der Waals surface area contributed by atoms with Crippen LogP contribution in [0.5, 0.6) is 5.75 Å². The van der Waals surface area contributed by atoms with Crippen molar-refractivity contribution in [2.45, 2.75) is 18.6 Å². The van der Waals surface area contributed by atoms with Gasteiger partial charge in [0.2, 0.25) is 0 Å². The lowest BCUT2D eigenvalue weighted by Crippen LogP contribution is -2.27. The first-order valence-electron chi connectivity index (χ1n) is 6.67. The Morgan fingerprint density at radius 1 is 1.14 bits per heavy atom.